The molecule has 4 heteroatoms. The lowest BCUT2D eigenvalue weighted by Gasteiger charge is -2.16. The van der Waals surface area contributed by atoms with Crippen LogP contribution in [0.4, 0.5) is 0 Å². The summed E-state index contributed by atoms with van der Waals surface area (Å²) in [4.78, 5) is 2.29. The third-order valence-corrected chi connectivity index (χ3v) is 3.67. The average Bonchev–Trinajstić information content (AvgIpc) is 2.52. The largest absolute Gasteiger partial charge is 0.508 e. The van der Waals surface area contributed by atoms with Gasteiger partial charge in [-0.05, 0) is 24.1 Å². The molecule has 2 atom stereocenters. The molecule has 1 aliphatic rings. The Bertz CT molecular complexity index is 373. The smallest absolute Gasteiger partial charge is 0.120 e. The Labute approximate surface area is 104 Å². The lowest BCUT2D eigenvalue weighted by Crippen LogP contribution is -2.28. The van der Waals surface area contributed by atoms with Gasteiger partial charge in [-0.3, -0.25) is 4.90 Å². The van der Waals surface area contributed by atoms with Crippen LogP contribution in [0.3, 0.4) is 0 Å². The summed E-state index contributed by atoms with van der Waals surface area (Å²) in [6, 6.07) is 5.79. The van der Waals surface area contributed by atoms with Crippen LogP contribution < -0.4 is 5.73 Å². The zero-order valence-corrected chi connectivity index (χ0v) is 10.9. The molecule has 3 nitrogen and oxygen atoms in total. The summed E-state index contributed by atoms with van der Waals surface area (Å²) >= 11 is 3.42. The zero-order chi connectivity index (χ0) is 11.7. The number of hydrogen-bond donors (Lipinski definition) is 2. The number of likely N-dealkylation sites (tertiary alicyclic amines) is 1. The highest BCUT2D eigenvalue weighted by atomic mass is 79.9. The number of nitrogens with two attached hydrogens (primary N) is 1. The molecule has 3 N–H and O–H groups in total. The first-order chi connectivity index (χ1) is 7.56. The maximum atomic E-state index is 9.75. The fourth-order valence-electron chi connectivity index (χ4n) is 2.15. The van der Waals surface area contributed by atoms with Gasteiger partial charge in [-0.15, -0.1) is 0 Å². The van der Waals surface area contributed by atoms with Crippen LogP contribution in [0.15, 0.2) is 22.7 Å². The SMILES string of the molecule is CC1CN(Cc2cc(Br)ccc2O)CC1N. The summed E-state index contributed by atoms with van der Waals surface area (Å²) in [7, 11) is 0. The maximum absolute atomic E-state index is 9.75. The van der Waals surface area contributed by atoms with Crippen molar-refractivity contribution in [3.8, 4) is 5.75 Å². The quantitative estimate of drug-likeness (QED) is 0.873. The Morgan fingerprint density at radius 1 is 1.50 bits per heavy atom. The summed E-state index contributed by atoms with van der Waals surface area (Å²) in [5, 5.41) is 9.75. The monoisotopic (exact) mass is 284 g/mol. The van der Waals surface area contributed by atoms with Gasteiger partial charge < -0.3 is 10.8 Å². The van der Waals surface area contributed by atoms with Crippen molar-refractivity contribution in [2.45, 2.75) is 19.5 Å². The predicted molar refractivity (Wildman–Crippen MR) is 68.2 cm³/mol. The molecule has 0 bridgehead atoms. The van der Waals surface area contributed by atoms with Crippen molar-refractivity contribution in [2.75, 3.05) is 13.1 Å². The fourth-order valence-corrected chi connectivity index (χ4v) is 2.55. The second-order valence-electron chi connectivity index (χ2n) is 4.61. The van der Waals surface area contributed by atoms with E-state index in [9.17, 15) is 5.11 Å². The fraction of sp³-hybridized carbons (Fsp3) is 0.500. The summed E-state index contributed by atoms with van der Waals surface area (Å²) < 4.78 is 0.997. The molecule has 1 fully saturated rings. The molecule has 0 radical (unpaired) electrons. The second-order valence-corrected chi connectivity index (χ2v) is 5.52. The van der Waals surface area contributed by atoms with Crippen molar-refractivity contribution in [1.29, 1.82) is 0 Å². The Balaban J connectivity index is 2.07. The van der Waals surface area contributed by atoms with E-state index in [-0.39, 0.29) is 6.04 Å². The standard InChI is InChI=1S/C12H17BrN2O/c1-8-5-15(7-11(8)14)6-9-4-10(13)2-3-12(9)16/h2-4,8,11,16H,5-7,14H2,1H3. The van der Waals surface area contributed by atoms with Gasteiger partial charge in [-0.1, -0.05) is 22.9 Å². The van der Waals surface area contributed by atoms with Gasteiger partial charge in [0.1, 0.15) is 5.75 Å². The molecule has 0 aromatic heterocycles. The molecular weight excluding hydrogens is 268 g/mol. The first-order valence-electron chi connectivity index (χ1n) is 5.51. The number of halogens is 1. The number of nitrogens with zero attached hydrogens (tertiary/aromatic N) is 1. The molecule has 0 amide bonds. The Kier molecular flexibility index (Phi) is 3.52. The molecule has 0 aliphatic carbocycles. The average molecular weight is 285 g/mol. The number of rotatable bonds is 2. The normalized spacial score (nSPS) is 26.2. The highest BCUT2D eigenvalue weighted by molar-refractivity contribution is 9.10. The maximum Gasteiger partial charge on any atom is 0.120 e. The zero-order valence-electron chi connectivity index (χ0n) is 9.36. The summed E-state index contributed by atoms with van der Waals surface area (Å²) in [5.74, 6) is 0.894. The van der Waals surface area contributed by atoms with Gasteiger partial charge >= 0.3 is 0 Å². The molecule has 0 saturated carbocycles. The van der Waals surface area contributed by atoms with Gasteiger partial charge in [0.25, 0.3) is 0 Å². The first kappa shape index (κ1) is 11.9. The summed E-state index contributed by atoms with van der Waals surface area (Å²) in [6.45, 7) is 4.86. The van der Waals surface area contributed by atoms with E-state index in [1.165, 1.54) is 0 Å². The molecule has 0 spiro atoms. The highest BCUT2D eigenvalue weighted by Crippen LogP contribution is 2.25. The van der Waals surface area contributed by atoms with E-state index in [0.29, 0.717) is 11.7 Å². The molecule has 88 valence electrons. The topological polar surface area (TPSA) is 49.5 Å². The molecule has 1 aliphatic heterocycles. The second kappa shape index (κ2) is 4.73. The summed E-state index contributed by atoms with van der Waals surface area (Å²) in [6.07, 6.45) is 0. The Morgan fingerprint density at radius 2 is 2.25 bits per heavy atom. The minimum atomic E-state index is 0.259. The minimum Gasteiger partial charge on any atom is -0.508 e. The lowest BCUT2D eigenvalue weighted by atomic mass is 10.1. The predicted octanol–water partition coefficient (Wildman–Crippen LogP) is 1.93. The minimum absolute atomic E-state index is 0.259. The van der Waals surface area contributed by atoms with Crippen LogP contribution in [0, 0.1) is 5.92 Å². The number of benzene rings is 1. The third kappa shape index (κ3) is 2.56. The van der Waals surface area contributed by atoms with Crippen molar-refractivity contribution in [1.82, 2.24) is 4.90 Å². The van der Waals surface area contributed by atoms with Crippen LogP contribution >= 0.6 is 15.9 Å². The first-order valence-corrected chi connectivity index (χ1v) is 6.31. The van der Waals surface area contributed by atoms with E-state index in [1.807, 2.05) is 12.1 Å². The summed E-state index contributed by atoms with van der Waals surface area (Å²) in [5.41, 5.74) is 6.93. The van der Waals surface area contributed by atoms with Crippen molar-refractivity contribution in [3.05, 3.63) is 28.2 Å². The van der Waals surface area contributed by atoms with Gasteiger partial charge in [0.05, 0.1) is 0 Å². The van der Waals surface area contributed by atoms with E-state index < -0.39 is 0 Å². The van der Waals surface area contributed by atoms with Crippen molar-refractivity contribution in [2.24, 2.45) is 11.7 Å². The van der Waals surface area contributed by atoms with E-state index >= 15 is 0 Å². The number of phenols is 1. The van der Waals surface area contributed by atoms with Gasteiger partial charge in [0, 0.05) is 35.7 Å². The van der Waals surface area contributed by atoms with Crippen LogP contribution in [0.1, 0.15) is 12.5 Å². The van der Waals surface area contributed by atoms with Gasteiger partial charge in [0.2, 0.25) is 0 Å². The van der Waals surface area contributed by atoms with Crippen molar-refractivity contribution in [3.63, 3.8) is 0 Å². The van der Waals surface area contributed by atoms with Gasteiger partial charge in [-0.2, -0.15) is 0 Å². The van der Waals surface area contributed by atoms with Crippen LogP contribution in [0.25, 0.3) is 0 Å². The molecule has 1 saturated heterocycles. The lowest BCUT2D eigenvalue weighted by molar-refractivity contribution is 0.312. The number of hydrogen-bond acceptors (Lipinski definition) is 3. The van der Waals surface area contributed by atoms with Crippen LogP contribution in [0.2, 0.25) is 0 Å². The highest BCUT2D eigenvalue weighted by Gasteiger charge is 2.26. The Hall–Kier alpha value is -0.580. The van der Waals surface area contributed by atoms with E-state index in [4.69, 9.17) is 5.73 Å². The molecule has 2 unspecified atom stereocenters. The molecule has 2 rings (SSSR count). The molecule has 1 aromatic carbocycles. The van der Waals surface area contributed by atoms with E-state index in [2.05, 4.69) is 27.8 Å². The van der Waals surface area contributed by atoms with Crippen LogP contribution in [0.5, 0.6) is 5.75 Å². The van der Waals surface area contributed by atoms with Crippen LogP contribution in [-0.2, 0) is 6.54 Å². The van der Waals surface area contributed by atoms with Crippen LogP contribution in [-0.4, -0.2) is 29.1 Å². The molecule has 1 heterocycles. The van der Waals surface area contributed by atoms with Gasteiger partial charge in [0.15, 0.2) is 0 Å². The molecule has 16 heavy (non-hydrogen) atoms. The molecule has 1 aromatic rings. The molecular formula is C12H17BrN2O. The number of aromatic hydroxyl groups is 1. The van der Waals surface area contributed by atoms with Crippen molar-refractivity contribution >= 4 is 15.9 Å². The number of phenolic OH excluding ortho intramolecular Hbond substituents is 1. The third-order valence-electron chi connectivity index (χ3n) is 3.18. The van der Waals surface area contributed by atoms with Crippen molar-refractivity contribution < 1.29 is 5.11 Å². The Morgan fingerprint density at radius 3 is 2.88 bits per heavy atom. The van der Waals surface area contributed by atoms with E-state index in [0.717, 1.165) is 29.7 Å². The van der Waals surface area contributed by atoms with E-state index in [1.54, 1.807) is 6.07 Å². The van der Waals surface area contributed by atoms with Gasteiger partial charge in [-0.25, -0.2) is 0 Å².